The van der Waals surface area contributed by atoms with E-state index in [2.05, 4.69) is 34.6 Å². The summed E-state index contributed by atoms with van der Waals surface area (Å²) in [6.45, 7) is 11.4. The van der Waals surface area contributed by atoms with Gasteiger partial charge in [-0.1, -0.05) is 247 Å². The minimum Gasteiger partial charge on any atom is -0.462 e. The number of hydrogen-bond acceptors (Lipinski definition) is 6. The van der Waals surface area contributed by atoms with E-state index in [-0.39, 0.29) is 31.1 Å². The first-order valence-electron chi connectivity index (χ1n) is 25.7. The zero-order valence-electron chi connectivity index (χ0n) is 39.7. The van der Waals surface area contributed by atoms with E-state index in [4.69, 9.17) is 14.2 Å². The predicted molar refractivity (Wildman–Crippen MR) is 247 cm³/mol. The Kier molecular flexibility index (Phi) is 43.7. The molecule has 0 rings (SSSR count). The Hall–Kier alpha value is -1.59. The van der Waals surface area contributed by atoms with Gasteiger partial charge in [0.2, 0.25) is 0 Å². The van der Waals surface area contributed by atoms with Crippen molar-refractivity contribution in [3.8, 4) is 0 Å². The van der Waals surface area contributed by atoms with Crippen LogP contribution < -0.4 is 0 Å². The highest BCUT2D eigenvalue weighted by molar-refractivity contribution is 5.71. The minimum absolute atomic E-state index is 0.0637. The highest BCUT2D eigenvalue weighted by Crippen LogP contribution is 2.17. The van der Waals surface area contributed by atoms with Gasteiger partial charge in [0, 0.05) is 19.3 Å². The van der Waals surface area contributed by atoms with E-state index in [1.807, 2.05) is 0 Å². The Morgan fingerprint density at radius 1 is 0.328 bits per heavy atom. The molecule has 0 spiro atoms. The van der Waals surface area contributed by atoms with E-state index in [9.17, 15) is 14.4 Å². The van der Waals surface area contributed by atoms with E-state index < -0.39 is 6.10 Å². The average molecular weight is 821 g/mol. The minimum atomic E-state index is -0.761. The van der Waals surface area contributed by atoms with Gasteiger partial charge >= 0.3 is 17.9 Å². The van der Waals surface area contributed by atoms with Crippen molar-refractivity contribution in [2.75, 3.05) is 13.2 Å². The summed E-state index contributed by atoms with van der Waals surface area (Å²) in [4.78, 5) is 37.9. The van der Waals surface area contributed by atoms with Crippen molar-refractivity contribution >= 4 is 17.9 Å². The number of carbonyl (C=O) groups is 3. The van der Waals surface area contributed by atoms with Crippen LogP contribution in [-0.2, 0) is 28.6 Å². The normalized spacial score (nSPS) is 12.1. The molecule has 344 valence electrons. The van der Waals surface area contributed by atoms with Gasteiger partial charge in [-0.2, -0.15) is 0 Å². The molecule has 0 aromatic rings. The maximum Gasteiger partial charge on any atom is 0.306 e. The van der Waals surface area contributed by atoms with Gasteiger partial charge in [-0.25, -0.2) is 0 Å². The second-order valence-corrected chi connectivity index (χ2v) is 18.8. The Bertz CT molecular complexity index is 885. The molecular formula is C52H100O6. The number of carbonyl (C=O) groups excluding carboxylic acids is 3. The summed E-state index contributed by atoms with van der Waals surface area (Å²) in [5, 5.41) is 0. The molecule has 0 unspecified atom stereocenters. The van der Waals surface area contributed by atoms with Crippen LogP contribution in [0.4, 0.5) is 0 Å². The molecule has 0 bridgehead atoms. The van der Waals surface area contributed by atoms with Gasteiger partial charge in [-0.15, -0.1) is 0 Å². The van der Waals surface area contributed by atoms with Gasteiger partial charge < -0.3 is 14.2 Å². The van der Waals surface area contributed by atoms with Crippen LogP contribution in [0.3, 0.4) is 0 Å². The van der Waals surface area contributed by atoms with Crippen LogP contribution in [0.2, 0.25) is 0 Å². The van der Waals surface area contributed by atoms with Gasteiger partial charge in [-0.3, -0.25) is 14.4 Å². The van der Waals surface area contributed by atoms with Crippen LogP contribution in [0.25, 0.3) is 0 Å². The predicted octanol–water partition coefficient (Wildman–Crippen LogP) is 16.5. The molecule has 0 aliphatic rings. The molecule has 0 aliphatic heterocycles. The molecule has 0 heterocycles. The molecule has 0 saturated carbocycles. The van der Waals surface area contributed by atoms with Crippen LogP contribution >= 0.6 is 0 Å². The Morgan fingerprint density at radius 2 is 0.569 bits per heavy atom. The quantitative estimate of drug-likeness (QED) is 0.0346. The van der Waals surface area contributed by atoms with Crippen LogP contribution in [0.15, 0.2) is 0 Å². The molecule has 0 saturated heterocycles. The van der Waals surface area contributed by atoms with Gasteiger partial charge in [0.15, 0.2) is 6.10 Å². The Morgan fingerprint density at radius 3 is 0.845 bits per heavy atom. The van der Waals surface area contributed by atoms with Gasteiger partial charge in [0.25, 0.3) is 0 Å². The lowest BCUT2D eigenvalue weighted by atomic mass is 10.0. The maximum absolute atomic E-state index is 12.8. The molecule has 0 N–H and O–H groups in total. The first kappa shape index (κ1) is 56.4. The highest BCUT2D eigenvalue weighted by Gasteiger charge is 2.19. The molecule has 0 aliphatic carbocycles. The fraction of sp³-hybridized carbons (Fsp3) is 0.942. The lowest BCUT2D eigenvalue weighted by molar-refractivity contribution is -0.167. The zero-order chi connectivity index (χ0) is 42.6. The van der Waals surface area contributed by atoms with Crippen molar-refractivity contribution in [2.24, 2.45) is 11.8 Å². The number of esters is 3. The van der Waals surface area contributed by atoms with Crippen LogP contribution in [0.5, 0.6) is 0 Å². The van der Waals surface area contributed by atoms with Crippen molar-refractivity contribution in [1.29, 1.82) is 0 Å². The third kappa shape index (κ3) is 45.5. The standard InChI is InChI=1S/C52H100O6/c1-6-7-8-9-10-11-22-27-32-37-42-50(53)56-45-49(58-52(55)44-39-34-29-24-19-15-17-21-26-31-36-41-48(4)5)46-57-51(54)43-38-33-28-23-18-14-12-13-16-20-25-30-35-40-47(2)3/h47-49H,6-46H2,1-5H3/t49-/m1/s1. The SMILES string of the molecule is CCCCCCCCCCCCC(=O)OC[C@H](COC(=O)CCCCCCCCCCCCCCCC(C)C)OC(=O)CCCCCCCCCCCCCC(C)C. The Balaban J connectivity index is 4.29. The molecule has 1 atom stereocenters. The van der Waals surface area contributed by atoms with Gasteiger partial charge in [-0.05, 0) is 31.1 Å². The van der Waals surface area contributed by atoms with E-state index >= 15 is 0 Å². The van der Waals surface area contributed by atoms with E-state index in [0.29, 0.717) is 19.3 Å². The maximum atomic E-state index is 12.8. The summed E-state index contributed by atoms with van der Waals surface area (Å²) in [6, 6.07) is 0. The van der Waals surface area contributed by atoms with Crippen molar-refractivity contribution in [3.63, 3.8) is 0 Å². The molecule has 0 radical (unpaired) electrons. The third-order valence-corrected chi connectivity index (χ3v) is 11.7. The summed E-state index contributed by atoms with van der Waals surface area (Å²) in [5.74, 6) is 0.815. The number of unbranched alkanes of at least 4 members (excludes halogenated alkanes) is 31. The van der Waals surface area contributed by atoms with E-state index in [0.717, 1.165) is 69.6 Å². The fourth-order valence-electron chi connectivity index (χ4n) is 7.81. The highest BCUT2D eigenvalue weighted by atomic mass is 16.6. The van der Waals surface area contributed by atoms with Crippen molar-refractivity contribution < 1.29 is 28.6 Å². The molecular weight excluding hydrogens is 721 g/mol. The van der Waals surface area contributed by atoms with Crippen molar-refractivity contribution in [2.45, 2.75) is 291 Å². The monoisotopic (exact) mass is 821 g/mol. The number of hydrogen-bond donors (Lipinski definition) is 0. The molecule has 6 nitrogen and oxygen atoms in total. The number of ether oxygens (including phenoxy) is 3. The molecule has 0 amide bonds. The van der Waals surface area contributed by atoms with E-state index in [1.54, 1.807) is 0 Å². The van der Waals surface area contributed by atoms with Crippen LogP contribution in [-0.4, -0.2) is 37.2 Å². The second-order valence-electron chi connectivity index (χ2n) is 18.8. The summed E-state index contributed by atoms with van der Waals surface area (Å²) >= 11 is 0. The zero-order valence-corrected chi connectivity index (χ0v) is 39.7. The van der Waals surface area contributed by atoms with Crippen LogP contribution in [0.1, 0.15) is 285 Å². The smallest absolute Gasteiger partial charge is 0.306 e. The third-order valence-electron chi connectivity index (χ3n) is 11.7. The first-order valence-corrected chi connectivity index (χ1v) is 25.7. The fourth-order valence-corrected chi connectivity index (χ4v) is 7.81. The summed E-state index contributed by atoms with van der Waals surface area (Å²) in [7, 11) is 0. The number of rotatable bonds is 46. The molecule has 0 aromatic heterocycles. The molecule has 0 aromatic carbocycles. The second kappa shape index (κ2) is 44.9. The lowest BCUT2D eigenvalue weighted by Gasteiger charge is -2.18. The molecule has 58 heavy (non-hydrogen) atoms. The summed E-state index contributed by atoms with van der Waals surface area (Å²) < 4.78 is 16.8. The molecule has 0 fully saturated rings. The van der Waals surface area contributed by atoms with E-state index in [1.165, 1.54) is 173 Å². The van der Waals surface area contributed by atoms with Gasteiger partial charge in [0.1, 0.15) is 13.2 Å². The van der Waals surface area contributed by atoms with Gasteiger partial charge in [0.05, 0.1) is 0 Å². The average Bonchev–Trinajstić information content (AvgIpc) is 3.19. The summed E-state index contributed by atoms with van der Waals surface area (Å²) in [5.41, 5.74) is 0. The molecule has 6 heteroatoms. The topological polar surface area (TPSA) is 78.9 Å². The Labute approximate surface area is 361 Å². The van der Waals surface area contributed by atoms with Crippen LogP contribution in [0, 0.1) is 11.8 Å². The van der Waals surface area contributed by atoms with Crippen molar-refractivity contribution in [3.05, 3.63) is 0 Å². The lowest BCUT2D eigenvalue weighted by Crippen LogP contribution is -2.30. The largest absolute Gasteiger partial charge is 0.462 e. The summed E-state index contributed by atoms with van der Waals surface area (Å²) in [6.07, 6.45) is 45.1. The van der Waals surface area contributed by atoms with Crippen molar-refractivity contribution in [1.82, 2.24) is 0 Å². The first-order chi connectivity index (χ1) is 28.2.